The number of hydrogen-bond acceptors (Lipinski definition) is 8. The summed E-state index contributed by atoms with van der Waals surface area (Å²) in [6.45, 7) is 3.81. The van der Waals surface area contributed by atoms with Crippen LogP contribution in [-0.4, -0.2) is 59.8 Å². The van der Waals surface area contributed by atoms with E-state index < -0.39 is 0 Å². The number of hydrogen-bond donors (Lipinski definition) is 2. The molecule has 1 aromatic heterocycles. The van der Waals surface area contributed by atoms with E-state index >= 15 is 0 Å². The van der Waals surface area contributed by atoms with Gasteiger partial charge >= 0.3 is 0 Å². The van der Waals surface area contributed by atoms with E-state index in [1.54, 1.807) is 0 Å². The fraction of sp³-hybridized carbons (Fsp3) is 0.727. The van der Waals surface area contributed by atoms with Gasteiger partial charge in [-0.1, -0.05) is 0 Å². The molecule has 0 amide bonds. The summed E-state index contributed by atoms with van der Waals surface area (Å²) < 4.78 is 5.31. The third-order valence-corrected chi connectivity index (χ3v) is 3.44. The zero-order chi connectivity index (χ0) is 13.5. The molecule has 7 nitrogen and oxygen atoms in total. The van der Waals surface area contributed by atoms with Crippen molar-refractivity contribution in [3.63, 3.8) is 0 Å². The molecular formula is C11H20N6OS. The maximum absolute atomic E-state index is 5.73. The van der Waals surface area contributed by atoms with Crippen LogP contribution in [0.4, 0.5) is 17.8 Å². The SMILES string of the molecule is CSCCCNc1nc(N)nc(N2CCOCC2)n1. The predicted molar refractivity (Wildman–Crippen MR) is 78.8 cm³/mol. The second kappa shape index (κ2) is 7.34. The molecule has 1 aliphatic heterocycles. The standard InChI is InChI=1S/C11H20N6OS/c1-19-8-2-3-13-10-14-9(12)15-11(16-10)17-4-6-18-7-5-17/h2-8H2,1H3,(H3,12,13,14,15,16). The predicted octanol–water partition coefficient (Wildman–Crippen LogP) is 0.455. The van der Waals surface area contributed by atoms with Crippen molar-refractivity contribution in [2.45, 2.75) is 6.42 Å². The van der Waals surface area contributed by atoms with Gasteiger partial charge in [0.05, 0.1) is 13.2 Å². The Labute approximate surface area is 117 Å². The maximum atomic E-state index is 5.73. The van der Waals surface area contributed by atoms with Crippen LogP contribution in [-0.2, 0) is 4.74 Å². The summed E-state index contributed by atoms with van der Waals surface area (Å²) in [4.78, 5) is 14.8. The van der Waals surface area contributed by atoms with Crippen LogP contribution < -0.4 is 16.0 Å². The monoisotopic (exact) mass is 284 g/mol. The van der Waals surface area contributed by atoms with Crippen molar-refractivity contribution < 1.29 is 4.74 Å². The van der Waals surface area contributed by atoms with Gasteiger partial charge in [-0.3, -0.25) is 0 Å². The third-order valence-electron chi connectivity index (χ3n) is 2.74. The molecule has 0 radical (unpaired) electrons. The number of aromatic nitrogens is 3. The molecule has 0 bridgehead atoms. The minimum Gasteiger partial charge on any atom is -0.378 e. The molecule has 2 heterocycles. The highest BCUT2D eigenvalue weighted by atomic mass is 32.2. The second-order valence-electron chi connectivity index (χ2n) is 4.19. The maximum Gasteiger partial charge on any atom is 0.232 e. The molecule has 1 aromatic rings. The third kappa shape index (κ3) is 4.39. The molecule has 0 aliphatic carbocycles. The Hall–Kier alpha value is -1.28. The van der Waals surface area contributed by atoms with Crippen LogP contribution in [0.2, 0.25) is 0 Å². The van der Waals surface area contributed by atoms with Gasteiger partial charge in [-0.15, -0.1) is 0 Å². The number of nitrogens with zero attached hydrogens (tertiary/aromatic N) is 4. The summed E-state index contributed by atoms with van der Waals surface area (Å²) in [5.74, 6) is 2.55. The Kier molecular flexibility index (Phi) is 5.46. The minimum atomic E-state index is 0.254. The Balaban J connectivity index is 1.97. The lowest BCUT2D eigenvalue weighted by molar-refractivity contribution is 0.122. The lowest BCUT2D eigenvalue weighted by Gasteiger charge is -2.26. The van der Waals surface area contributed by atoms with Crippen LogP contribution in [0.25, 0.3) is 0 Å². The zero-order valence-corrected chi connectivity index (χ0v) is 11.9. The van der Waals surface area contributed by atoms with Gasteiger partial charge in [-0.2, -0.15) is 26.7 Å². The van der Waals surface area contributed by atoms with Gasteiger partial charge in [-0.25, -0.2) is 0 Å². The highest BCUT2D eigenvalue weighted by Crippen LogP contribution is 2.13. The van der Waals surface area contributed by atoms with Gasteiger partial charge in [0.25, 0.3) is 0 Å². The number of thioether (sulfide) groups is 1. The summed E-state index contributed by atoms with van der Waals surface area (Å²) in [5.41, 5.74) is 5.73. The van der Waals surface area contributed by atoms with Crippen LogP contribution in [0.15, 0.2) is 0 Å². The first-order valence-corrected chi connectivity index (χ1v) is 7.76. The van der Waals surface area contributed by atoms with Crippen molar-refractivity contribution in [3.05, 3.63) is 0 Å². The first kappa shape index (κ1) is 14.1. The van der Waals surface area contributed by atoms with E-state index in [1.165, 1.54) is 0 Å². The topological polar surface area (TPSA) is 89.2 Å². The molecule has 19 heavy (non-hydrogen) atoms. The van der Waals surface area contributed by atoms with Gasteiger partial charge in [0, 0.05) is 19.6 Å². The normalized spacial score (nSPS) is 15.5. The Morgan fingerprint density at radius 3 is 2.84 bits per heavy atom. The fourth-order valence-corrected chi connectivity index (χ4v) is 2.21. The number of nitrogens with one attached hydrogen (secondary N) is 1. The van der Waals surface area contributed by atoms with Gasteiger partial charge in [0.1, 0.15) is 0 Å². The molecule has 0 aromatic carbocycles. The molecule has 1 aliphatic rings. The van der Waals surface area contributed by atoms with Crippen LogP contribution in [0.3, 0.4) is 0 Å². The molecule has 8 heteroatoms. The quantitative estimate of drug-likeness (QED) is 0.728. The number of rotatable bonds is 6. The van der Waals surface area contributed by atoms with E-state index in [9.17, 15) is 0 Å². The van der Waals surface area contributed by atoms with E-state index in [-0.39, 0.29) is 5.95 Å². The first-order chi connectivity index (χ1) is 9.29. The van der Waals surface area contributed by atoms with Crippen molar-refractivity contribution in [1.29, 1.82) is 0 Å². The smallest absolute Gasteiger partial charge is 0.232 e. The Morgan fingerprint density at radius 1 is 1.32 bits per heavy atom. The van der Waals surface area contributed by atoms with Crippen LogP contribution >= 0.6 is 11.8 Å². The Bertz CT molecular complexity index is 399. The van der Waals surface area contributed by atoms with Gasteiger partial charge in [0.2, 0.25) is 17.8 Å². The lowest BCUT2D eigenvalue weighted by Crippen LogP contribution is -2.37. The summed E-state index contributed by atoms with van der Waals surface area (Å²) in [5, 5.41) is 3.19. The molecule has 0 atom stereocenters. The Morgan fingerprint density at radius 2 is 2.11 bits per heavy atom. The molecule has 0 spiro atoms. The number of nitrogen functional groups attached to an aromatic ring is 1. The number of nitrogens with two attached hydrogens (primary N) is 1. The fourth-order valence-electron chi connectivity index (χ4n) is 1.78. The second-order valence-corrected chi connectivity index (χ2v) is 5.18. The van der Waals surface area contributed by atoms with E-state index in [0.29, 0.717) is 25.1 Å². The van der Waals surface area contributed by atoms with Gasteiger partial charge in [0.15, 0.2) is 0 Å². The number of ether oxygens (including phenoxy) is 1. The number of anilines is 3. The summed E-state index contributed by atoms with van der Waals surface area (Å²) in [6.07, 6.45) is 3.16. The van der Waals surface area contributed by atoms with Crippen LogP contribution in [0, 0.1) is 0 Å². The largest absolute Gasteiger partial charge is 0.378 e. The average Bonchev–Trinajstić information content (AvgIpc) is 2.44. The van der Waals surface area contributed by atoms with Crippen molar-refractivity contribution in [1.82, 2.24) is 15.0 Å². The summed E-state index contributed by atoms with van der Waals surface area (Å²) in [6, 6.07) is 0. The van der Waals surface area contributed by atoms with Crippen molar-refractivity contribution >= 4 is 29.6 Å². The van der Waals surface area contributed by atoms with E-state index in [1.807, 2.05) is 11.8 Å². The van der Waals surface area contributed by atoms with E-state index in [0.717, 1.165) is 31.8 Å². The highest BCUT2D eigenvalue weighted by Gasteiger charge is 2.15. The van der Waals surface area contributed by atoms with Crippen LogP contribution in [0.5, 0.6) is 0 Å². The lowest BCUT2D eigenvalue weighted by atomic mass is 10.4. The summed E-state index contributed by atoms with van der Waals surface area (Å²) in [7, 11) is 0. The molecule has 1 fully saturated rings. The van der Waals surface area contributed by atoms with E-state index in [2.05, 4.69) is 31.4 Å². The molecule has 0 unspecified atom stereocenters. The first-order valence-electron chi connectivity index (χ1n) is 6.36. The molecule has 0 saturated carbocycles. The molecular weight excluding hydrogens is 264 g/mol. The number of morpholine rings is 1. The minimum absolute atomic E-state index is 0.254. The molecule has 1 saturated heterocycles. The molecule has 106 valence electrons. The van der Waals surface area contributed by atoms with Crippen molar-refractivity contribution in [3.8, 4) is 0 Å². The molecule has 3 N–H and O–H groups in total. The summed E-state index contributed by atoms with van der Waals surface area (Å²) >= 11 is 1.83. The zero-order valence-electron chi connectivity index (χ0n) is 11.1. The van der Waals surface area contributed by atoms with E-state index in [4.69, 9.17) is 10.5 Å². The average molecular weight is 284 g/mol. The highest BCUT2D eigenvalue weighted by molar-refractivity contribution is 7.98. The van der Waals surface area contributed by atoms with Crippen molar-refractivity contribution in [2.75, 3.05) is 60.8 Å². The van der Waals surface area contributed by atoms with Gasteiger partial charge < -0.3 is 20.7 Å². The van der Waals surface area contributed by atoms with Crippen LogP contribution in [0.1, 0.15) is 6.42 Å². The molecule has 2 rings (SSSR count). The van der Waals surface area contributed by atoms with Crippen molar-refractivity contribution in [2.24, 2.45) is 0 Å². The van der Waals surface area contributed by atoms with Gasteiger partial charge in [-0.05, 0) is 18.4 Å².